The lowest BCUT2D eigenvalue weighted by atomic mass is 10.3. The van der Waals surface area contributed by atoms with Gasteiger partial charge < -0.3 is 0 Å². The molecule has 1 nitrogen and oxygen atoms in total. The van der Waals surface area contributed by atoms with E-state index in [9.17, 15) is 0 Å². The molecule has 0 fully saturated rings. The molecular weight excluding hydrogens is 157 g/mol. The first-order chi connectivity index (χ1) is 6.25. The molecule has 0 radical (unpaired) electrons. The molecule has 1 aromatic rings. The summed E-state index contributed by atoms with van der Waals surface area (Å²) in [5, 5.41) is -0.608. The Bertz CT molecular complexity index is 375. The van der Waals surface area contributed by atoms with E-state index in [1.165, 1.54) is 0 Å². The molecule has 0 aliphatic carbocycles. The Balaban J connectivity index is 3.53. The molecule has 3 heteroatoms. The average Bonchev–Trinajstić information content (AvgIpc) is 1.97. The van der Waals surface area contributed by atoms with Crippen LogP contribution in [0.4, 0.5) is 0 Å². The van der Waals surface area contributed by atoms with Crippen LogP contribution in [0.25, 0.3) is 0 Å². The minimum Gasteiger partial charge on any atom is -0.244 e. The summed E-state index contributed by atoms with van der Waals surface area (Å²) in [6.45, 7) is -2.55. The van der Waals surface area contributed by atoms with Crippen molar-refractivity contribution in [3.8, 4) is 0 Å². The van der Waals surface area contributed by atoms with Gasteiger partial charge in [-0.25, -0.2) is 4.98 Å². The Morgan fingerprint density at radius 1 is 1.78 bits per heavy atom. The largest absolute Gasteiger partial charge is 0.244 e. The third-order valence-corrected chi connectivity index (χ3v) is 1.16. The molecule has 0 atom stereocenters. The highest BCUT2D eigenvalue weighted by molar-refractivity contribution is 6.34. The fourth-order valence-corrected chi connectivity index (χ4v) is 0.652. The van der Waals surface area contributed by atoms with Crippen molar-refractivity contribution in [3.05, 3.63) is 28.0 Å². The van der Waals surface area contributed by atoms with Gasteiger partial charge in [0, 0.05) is 15.3 Å². The first-order valence-electron chi connectivity index (χ1n) is 4.58. The number of nitrogens with zero attached hydrogens (tertiary/aromatic N) is 1. The van der Waals surface area contributed by atoms with Crippen molar-refractivity contribution in [2.45, 2.75) is 6.85 Å². The molecule has 0 bridgehead atoms. The fourth-order valence-electron chi connectivity index (χ4n) is 0.335. The van der Waals surface area contributed by atoms with Crippen molar-refractivity contribution < 1.29 is 6.85 Å². The number of hydrogen-bond donors (Lipinski definition) is 0. The van der Waals surface area contributed by atoms with E-state index in [4.69, 9.17) is 30.1 Å². The van der Waals surface area contributed by atoms with E-state index >= 15 is 0 Å². The van der Waals surface area contributed by atoms with E-state index in [-0.39, 0.29) is 16.2 Å². The van der Waals surface area contributed by atoms with Crippen LogP contribution in [0, 0.1) is 6.85 Å². The minimum absolute atomic E-state index is 0.270. The van der Waals surface area contributed by atoms with Gasteiger partial charge in [-0.3, -0.25) is 0 Å². The van der Waals surface area contributed by atoms with Gasteiger partial charge in [0.05, 0.1) is 2.74 Å². The molecule has 0 aliphatic heterocycles. The van der Waals surface area contributed by atoms with Gasteiger partial charge >= 0.3 is 0 Å². The van der Waals surface area contributed by atoms with Crippen LogP contribution < -0.4 is 0 Å². The van der Waals surface area contributed by atoms with Crippen molar-refractivity contribution in [3.63, 3.8) is 0 Å². The Morgan fingerprint density at radius 2 is 2.56 bits per heavy atom. The number of hydrogen-bond acceptors (Lipinski definition) is 1. The first kappa shape index (κ1) is 2.77. The molecule has 48 valence electrons. The van der Waals surface area contributed by atoms with Crippen molar-refractivity contribution >= 4 is 23.2 Å². The van der Waals surface area contributed by atoms with Crippen molar-refractivity contribution in [1.82, 2.24) is 4.98 Å². The van der Waals surface area contributed by atoms with Crippen LogP contribution in [-0.2, 0) is 0 Å². The molecule has 0 aromatic carbocycles. The molecule has 1 aromatic heterocycles. The second-order valence-electron chi connectivity index (χ2n) is 1.33. The van der Waals surface area contributed by atoms with Gasteiger partial charge in [-0.05, 0) is 18.5 Å². The summed E-state index contributed by atoms with van der Waals surface area (Å²) in [6.07, 6.45) is -0.518. The van der Waals surface area contributed by atoms with E-state index < -0.39 is 18.6 Å². The zero-order valence-corrected chi connectivity index (χ0v) is 5.72. The molecule has 1 heterocycles. The molecule has 1 rings (SSSR count). The second kappa shape index (κ2) is 2.54. The van der Waals surface area contributed by atoms with Gasteiger partial charge in [0.15, 0.2) is 0 Å². The SMILES string of the molecule is [2H]c1nc(Cl)c([2H])c(Cl)c1C([2H])([2H])[2H]. The van der Waals surface area contributed by atoms with Crippen LogP contribution >= 0.6 is 23.2 Å². The topological polar surface area (TPSA) is 12.9 Å². The maximum atomic E-state index is 7.30. The Labute approximate surface area is 70.6 Å². The highest BCUT2D eigenvalue weighted by Crippen LogP contribution is 2.16. The number of rotatable bonds is 0. The van der Waals surface area contributed by atoms with Gasteiger partial charge in [0.2, 0.25) is 0 Å². The molecule has 0 saturated heterocycles. The predicted octanol–water partition coefficient (Wildman–Crippen LogP) is 2.70. The van der Waals surface area contributed by atoms with Crippen LogP contribution in [0.3, 0.4) is 0 Å². The summed E-state index contributed by atoms with van der Waals surface area (Å²) in [4.78, 5) is 3.40. The molecule has 9 heavy (non-hydrogen) atoms. The van der Waals surface area contributed by atoms with Gasteiger partial charge in [-0.1, -0.05) is 23.2 Å². The van der Waals surface area contributed by atoms with Crippen molar-refractivity contribution in [2.75, 3.05) is 0 Å². The lowest BCUT2D eigenvalue weighted by Gasteiger charge is -1.93. The Morgan fingerprint density at radius 3 is 3.22 bits per heavy atom. The maximum absolute atomic E-state index is 7.30. The molecule has 0 aliphatic rings. The van der Waals surface area contributed by atoms with E-state index in [1.807, 2.05) is 0 Å². The minimum atomic E-state index is -2.55. The summed E-state index contributed by atoms with van der Waals surface area (Å²) in [6, 6.07) is -0.365. The summed E-state index contributed by atoms with van der Waals surface area (Å²) in [7, 11) is 0. The lowest BCUT2D eigenvalue weighted by molar-refractivity contribution is 1.27. The second-order valence-corrected chi connectivity index (χ2v) is 2.06. The third kappa shape index (κ3) is 1.57. The van der Waals surface area contributed by atoms with E-state index in [2.05, 4.69) is 4.98 Å². The van der Waals surface area contributed by atoms with Gasteiger partial charge in [-0.2, -0.15) is 0 Å². The van der Waals surface area contributed by atoms with Gasteiger partial charge in [-0.15, -0.1) is 0 Å². The molecule has 0 unspecified atom stereocenters. The smallest absolute Gasteiger partial charge is 0.130 e. The quantitative estimate of drug-likeness (QED) is 0.541. The Hall–Kier alpha value is -0.270. The maximum Gasteiger partial charge on any atom is 0.130 e. The van der Waals surface area contributed by atoms with E-state index in [0.717, 1.165) is 0 Å². The molecule has 0 amide bonds. The highest BCUT2D eigenvalue weighted by atomic mass is 35.5. The fraction of sp³-hybridized carbons (Fsp3) is 0.167. The van der Waals surface area contributed by atoms with E-state index in [0.29, 0.717) is 0 Å². The summed E-state index contributed by atoms with van der Waals surface area (Å²) < 4.78 is 35.8. The Kier molecular flexibility index (Phi) is 0.782. The summed E-state index contributed by atoms with van der Waals surface area (Å²) in [5.74, 6) is 0. The number of pyridine rings is 1. The third-order valence-electron chi connectivity index (χ3n) is 0.698. The molecule has 0 saturated carbocycles. The van der Waals surface area contributed by atoms with Gasteiger partial charge in [0.1, 0.15) is 5.15 Å². The molecule has 0 spiro atoms. The van der Waals surface area contributed by atoms with Crippen LogP contribution in [-0.4, -0.2) is 4.98 Å². The highest BCUT2D eigenvalue weighted by Gasteiger charge is 1.94. The zero-order chi connectivity index (χ0) is 11.1. The van der Waals surface area contributed by atoms with Crippen LogP contribution in [0.2, 0.25) is 10.2 Å². The van der Waals surface area contributed by atoms with Crippen molar-refractivity contribution in [1.29, 1.82) is 0 Å². The summed E-state index contributed by atoms with van der Waals surface area (Å²) in [5.41, 5.74) is -0.437. The number of halogens is 2. The van der Waals surface area contributed by atoms with Crippen molar-refractivity contribution in [2.24, 2.45) is 0 Å². The van der Waals surface area contributed by atoms with E-state index in [1.54, 1.807) is 0 Å². The van der Waals surface area contributed by atoms with Crippen LogP contribution in [0.15, 0.2) is 12.2 Å². The predicted molar refractivity (Wildman–Crippen MR) is 39.0 cm³/mol. The number of aromatic nitrogens is 1. The summed E-state index contributed by atoms with van der Waals surface area (Å²) >= 11 is 11.1. The zero-order valence-electron chi connectivity index (χ0n) is 9.20. The average molecular weight is 167 g/mol. The molecular formula is C6H5Cl2N. The van der Waals surface area contributed by atoms with Gasteiger partial charge in [0.25, 0.3) is 0 Å². The normalized spacial score (nSPS) is 19.1. The monoisotopic (exact) mass is 166 g/mol. The van der Waals surface area contributed by atoms with Crippen LogP contribution in [0.1, 0.15) is 12.4 Å². The first-order valence-corrected chi connectivity index (χ1v) is 2.83. The molecule has 0 N–H and O–H groups in total. The van der Waals surface area contributed by atoms with Crippen LogP contribution in [0.5, 0.6) is 0 Å². The standard InChI is InChI=1S/C6H5Cl2N/c1-4-3-9-6(8)2-5(4)7/h2-3H,1H3/i1D3,2D,3D. The lowest BCUT2D eigenvalue weighted by Crippen LogP contribution is -1.77.